The third-order valence-corrected chi connectivity index (χ3v) is 3.99. The summed E-state index contributed by atoms with van der Waals surface area (Å²) in [5.41, 5.74) is 0. The molecule has 0 unspecified atom stereocenters. The summed E-state index contributed by atoms with van der Waals surface area (Å²) in [4.78, 5) is 12.9. The molecule has 1 aliphatic heterocycles. The number of ether oxygens (including phenoxy) is 1. The van der Waals surface area contributed by atoms with Crippen LogP contribution in [0.25, 0.3) is 0 Å². The van der Waals surface area contributed by atoms with Crippen LogP contribution in [0.1, 0.15) is 0 Å². The Labute approximate surface area is 102 Å². The van der Waals surface area contributed by atoms with Crippen molar-refractivity contribution in [2.24, 2.45) is 0 Å². The third kappa shape index (κ3) is 4.88. The van der Waals surface area contributed by atoms with E-state index in [0.717, 1.165) is 0 Å². The van der Waals surface area contributed by atoms with Gasteiger partial charge in [0.25, 0.3) is 0 Å². The number of nitrogens with one attached hydrogen (secondary N) is 1. The van der Waals surface area contributed by atoms with E-state index in [9.17, 15) is 13.2 Å². The Morgan fingerprint density at radius 3 is 2.35 bits per heavy atom. The monoisotopic (exact) mass is 265 g/mol. The summed E-state index contributed by atoms with van der Waals surface area (Å²) in [6.07, 6.45) is 0.779. The molecular formula is C9H19N3O4S. The van der Waals surface area contributed by atoms with Gasteiger partial charge in [-0.1, -0.05) is 0 Å². The van der Waals surface area contributed by atoms with Crippen molar-refractivity contribution in [2.45, 2.75) is 0 Å². The molecule has 1 rings (SSSR count). The molecule has 0 aromatic rings. The number of carbonyl (C=O) groups is 1. The molecule has 1 heterocycles. The molecular weight excluding hydrogens is 246 g/mol. The van der Waals surface area contributed by atoms with Crippen LogP contribution in [0.5, 0.6) is 0 Å². The molecule has 0 atom stereocenters. The fraction of sp³-hybridized carbons (Fsp3) is 0.889. The van der Waals surface area contributed by atoms with Gasteiger partial charge in [-0.05, 0) is 0 Å². The van der Waals surface area contributed by atoms with Crippen LogP contribution in [0.3, 0.4) is 0 Å². The Kier molecular flexibility index (Phi) is 5.16. The largest absolute Gasteiger partial charge is 0.453 e. The van der Waals surface area contributed by atoms with Gasteiger partial charge in [-0.25, -0.2) is 13.2 Å². The summed E-state index contributed by atoms with van der Waals surface area (Å²) in [5.74, 6) is 0. The molecule has 17 heavy (non-hydrogen) atoms. The number of hydrogen-bond acceptors (Lipinski definition) is 5. The third-order valence-electron chi connectivity index (χ3n) is 2.68. The minimum atomic E-state index is -3.07. The predicted molar refractivity (Wildman–Crippen MR) is 63.3 cm³/mol. The molecule has 8 heteroatoms. The number of methoxy groups -OCH3 is 1. The van der Waals surface area contributed by atoms with Crippen molar-refractivity contribution in [3.63, 3.8) is 0 Å². The lowest BCUT2D eigenvalue weighted by Gasteiger charge is -2.33. The molecule has 0 aromatic heterocycles. The van der Waals surface area contributed by atoms with Gasteiger partial charge in [-0.3, -0.25) is 4.90 Å². The SMILES string of the molecule is COC(=O)NCCN1CCN(S(C)(=O)=O)CC1. The van der Waals surface area contributed by atoms with Gasteiger partial charge < -0.3 is 10.1 Å². The molecule has 0 aromatic carbocycles. The number of piperazine rings is 1. The average Bonchev–Trinajstić information content (AvgIpc) is 2.28. The second-order valence-corrected chi connectivity index (χ2v) is 5.90. The maximum Gasteiger partial charge on any atom is 0.406 e. The predicted octanol–water partition coefficient (Wildman–Crippen LogP) is -1.08. The van der Waals surface area contributed by atoms with Crippen LogP contribution < -0.4 is 5.32 Å². The average molecular weight is 265 g/mol. The lowest BCUT2D eigenvalue weighted by Crippen LogP contribution is -2.49. The van der Waals surface area contributed by atoms with Gasteiger partial charge in [-0.2, -0.15) is 4.31 Å². The van der Waals surface area contributed by atoms with Gasteiger partial charge in [0.15, 0.2) is 0 Å². The first-order chi connectivity index (χ1) is 7.93. The standard InChI is InChI=1S/C9H19N3O4S/c1-16-9(13)10-3-4-11-5-7-12(8-6-11)17(2,14)15/h3-8H2,1-2H3,(H,10,13). The lowest BCUT2D eigenvalue weighted by molar-refractivity contribution is 0.163. The van der Waals surface area contributed by atoms with E-state index in [2.05, 4.69) is 15.0 Å². The molecule has 1 aliphatic rings. The summed E-state index contributed by atoms with van der Waals surface area (Å²) in [6, 6.07) is 0. The van der Waals surface area contributed by atoms with Crippen molar-refractivity contribution in [1.29, 1.82) is 0 Å². The summed E-state index contributed by atoms with van der Waals surface area (Å²) in [7, 11) is -1.75. The first-order valence-corrected chi connectivity index (χ1v) is 7.27. The van der Waals surface area contributed by atoms with Crippen molar-refractivity contribution in [1.82, 2.24) is 14.5 Å². The van der Waals surface area contributed by atoms with Crippen LogP contribution >= 0.6 is 0 Å². The Balaban J connectivity index is 2.22. The van der Waals surface area contributed by atoms with Gasteiger partial charge >= 0.3 is 6.09 Å². The summed E-state index contributed by atoms with van der Waals surface area (Å²) >= 11 is 0. The zero-order chi connectivity index (χ0) is 12.9. The van der Waals surface area contributed by atoms with Crippen molar-refractivity contribution in [3.8, 4) is 0 Å². The van der Waals surface area contributed by atoms with Crippen molar-refractivity contribution < 1.29 is 17.9 Å². The summed E-state index contributed by atoms with van der Waals surface area (Å²) in [6.45, 7) is 3.61. The molecule has 0 saturated carbocycles. The number of alkyl carbamates (subject to hydrolysis) is 1. The van der Waals surface area contributed by atoms with Crippen molar-refractivity contribution >= 4 is 16.1 Å². The molecule has 7 nitrogen and oxygen atoms in total. The molecule has 1 fully saturated rings. The number of amides is 1. The fourth-order valence-electron chi connectivity index (χ4n) is 1.67. The maximum atomic E-state index is 11.3. The minimum Gasteiger partial charge on any atom is -0.453 e. The molecule has 1 amide bonds. The zero-order valence-corrected chi connectivity index (χ0v) is 11.0. The van der Waals surface area contributed by atoms with E-state index in [0.29, 0.717) is 39.3 Å². The second kappa shape index (κ2) is 6.18. The molecule has 1 saturated heterocycles. The normalized spacial score (nSPS) is 18.9. The zero-order valence-electron chi connectivity index (χ0n) is 10.2. The van der Waals surface area contributed by atoms with Crippen molar-refractivity contribution in [2.75, 3.05) is 52.6 Å². The van der Waals surface area contributed by atoms with Gasteiger partial charge in [0.1, 0.15) is 0 Å². The van der Waals surface area contributed by atoms with Gasteiger partial charge in [0, 0.05) is 39.3 Å². The molecule has 0 bridgehead atoms. The quantitative estimate of drug-likeness (QED) is 0.699. The molecule has 0 radical (unpaired) electrons. The number of rotatable bonds is 4. The lowest BCUT2D eigenvalue weighted by atomic mass is 10.3. The van der Waals surface area contributed by atoms with E-state index in [1.54, 1.807) is 0 Å². The van der Waals surface area contributed by atoms with Crippen LogP contribution in [0, 0.1) is 0 Å². The van der Waals surface area contributed by atoms with E-state index < -0.39 is 16.1 Å². The smallest absolute Gasteiger partial charge is 0.406 e. The highest BCUT2D eigenvalue weighted by Gasteiger charge is 2.22. The summed E-state index contributed by atoms with van der Waals surface area (Å²) in [5, 5.41) is 2.59. The number of sulfonamides is 1. The number of nitrogens with zero attached hydrogens (tertiary/aromatic N) is 2. The van der Waals surface area contributed by atoms with Crippen LogP contribution in [0.2, 0.25) is 0 Å². The van der Waals surface area contributed by atoms with Crippen LogP contribution in [0.15, 0.2) is 0 Å². The highest BCUT2D eigenvalue weighted by atomic mass is 32.2. The Morgan fingerprint density at radius 1 is 1.29 bits per heavy atom. The highest BCUT2D eigenvalue weighted by molar-refractivity contribution is 7.88. The second-order valence-electron chi connectivity index (χ2n) is 3.92. The van der Waals surface area contributed by atoms with Crippen LogP contribution in [0.4, 0.5) is 4.79 Å². The first-order valence-electron chi connectivity index (χ1n) is 5.43. The summed E-state index contributed by atoms with van der Waals surface area (Å²) < 4.78 is 28.5. The molecule has 0 aliphatic carbocycles. The highest BCUT2D eigenvalue weighted by Crippen LogP contribution is 2.04. The van der Waals surface area contributed by atoms with Crippen molar-refractivity contribution in [3.05, 3.63) is 0 Å². The topological polar surface area (TPSA) is 79.0 Å². The Morgan fingerprint density at radius 2 is 1.88 bits per heavy atom. The first kappa shape index (κ1) is 14.2. The van der Waals surface area contributed by atoms with Gasteiger partial charge in [0.2, 0.25) is 10.0 Å². The van der Waals surface area contributed by atoms with Gasteiger partial charge in [-0.15, -0.1) is 0 Å². The Hall–Kier alpha value is -0.860. The van der Waals surface area contributed by atoms with E-state index in [1.165, 1.54) is 17.7 Å². The minimum absolute atomic E-state index is 0.445. The van der Waals surface area contributed by atoms with Crippen LogP contribution in [-0.4, -0.2) is 76.4 Å². The van der Waals surface area contributed by atoms with E-state index in [1.807, 2.05) is 0 Å². The van der Waals surface area contributed by atoms with E-state index >= 15 is 0 Å². The molecule has 1 N–H and O–H groups in total. The number of hydrogen-bond donors (Lipinski definition) is 1. The van der Waals surface area contributed by atoms with E-state index in [-0.39, 0.29) is 0 Å². The Bertz CT molecular complexity index is 349. The van der Waals surface area contributed by atoms with Gasteiger partial charge in [0.05, 0.1) is 13.4 Å². The molecule has 100 valence electrons. The number of carbonyl (C=O) groups excluding carboxylic acids is 1. The fourth-order valence-corrected chi connectivity index (χ4v) is 2.50. The van der Waals surface area contributed by atoms with Crippen LogP contribution in [-0.2, 0) is 14.8 Å². The maximum absolute atomic E-state index is 11.3. The molecule has 0 spiro atoms. The van der Waals surface area contributed by atoms with E-state index in [4.69, 9.17) is 0 Å².